The second-order valence-corrected chi connectivity index (χ2v) is 4.89. The van der Waals surface area contributed by atoms with Gasteiger partial charge in [0.25, 0.3) is 5.56 Å². The molecule has 0 spiro atoms. The zero-order valence-electron chi connectivity index (χ0n) is 11.2. The molecule has 3 aromatic heterocycles. The lowest BCUT2D eigenvalue weighted by atomic mass is 10.2. The Balaban J connectivity index is 1.90. The van der Waals surface area contributed by atoms with Crippen molar-refractivity contribution in [1.29, 1.82) is 0 Å². The van der Waals surface area contributed by atoms with Crippen LogP contribution < -0.4 is 5.56 Å². The average molecular weight is 281 g/mol. The SMILES string of the molecule is Cc1cc(Cn2cnc3c(oc4ccccc43)c2=O)on1. The van der Waals surface area contributed by atoms with E-state index in [1.54, 1.807) is 6.07 Å². The van der Waals surface area contributed by atoms with Crippen LogP contribution in [0.4, 0.5) is 0 Å². The van der Waals surface area contributed by atoms with E-state index in [0.29, 0.717) is 16.9 Å². The summed E-state index contributed by atoms with van der Waals surface area (Å²) in [6.45, 7) is 2.11. The summed E-state index contributed by atoms with van der Waals surface area (Å²) in [7, 11) is 0. The molecule has 0 aliphatic carbocycles. The minimum Gasteiger partial charge on any atom is -0.448 e. The van der Waals surface area contributed by atoms with Crippen LogP contribution in [0.1, 0.15) is 11.5 Å². The molecule has 0 amide bonds. The van der Waals surface area contributed by atoms with Gasteiger partial charge in [0.05, 0.1) is 18.6 Å². The maximum absolute atomic E-state index is 12.5. The summed E-state index contributed by atoms with van der Waals surface area (Å²) in [5, 5.41) is 4.65. The van der Waals surface area contributed by atoms with E-state index in [4.69, 9.17) is 8.94 Å². The molecule has 0 unspecified atom stereocenters. The van der Waals surface area contributed by atoms with Crippen molar-refractivity contribution in [2.24, 2.45) is 0 Å². The molecule has 0 aliphatic rings. The van der Waals surface area contributed by atoms with E-state index in [2.05, 4.69) is 10.1 Å². The third-order valence-electron chi connectivity index (χ3n) is 3.35. The van der Waals surface area contributed by atoms with Crippen molar-refractivity contribution in [2.75, 3.05) is 0 Å². The third kappa shape index (κ3) is 1.84. The van der Waals surface area contributed by atoms with Crippen molar-refractivity contribution in [3.8, 4) is 0 Å². The molecule has 0 saturated heterocycles. The Bertz CT molecular complexity index is 1010. The molecule has 0 atom stereocenters. The summed E-state index contributed by atoms with van der Waals surface area (Å²) < 4.78 is 12.2. The first-order valence-electron chi connectivity index (χ1n) is 6.51. The summed E-state index contributed by atoms with van der Waals surface area (Å²) in [6.07, 6.45) is 1.50. The van der Waals surface area contributed by atoms with E-state index in [1.807, 2.05) is 31.2 Å². The Hall–Kier alpha value is -2.89. The van der Waals surface area contributed by atoms with Crippen molar-refractivity contribution in [1.82, 2.24) is 14.7 Å². The molecule has 4 aromatic rings. The van der Waals surface area contributed by atoms with Crippen LogP contribution in [0.5, 0.6) is 0 Å². The molecule has 104 valence electrons. The van der Waals surface area contributed by atoms with E-state index < -0.39 is 0 Å². The molecule has 21 heavy (non-hydrogen) atoms. The van der Waals surface area contributed by atoms with Crippen LogP contribution in [0.15, 0.2) is 50.4 Å². The van der Waals surface area contributed by atoms with Crippen LogP contribution >= 0.6 is 0 Å². The summed E-state index contributed by atoms with van der Waals surface area (Å²) in [5.41, 5.74) is 2.04. The average Bonchev–Trinajstić information content (AvgIpc) is 3.06. The molecule has 0 aliphatic heterocycles. The van der Waals surface area contributed by atoms with E-state index in [1.165, 1.54) is 10.9 Å². The molecular formula is C15H11N3O3. The van der Waals surface area contributed by atoms with Crippen molar-refractivity contribution in [2.45, 2.75) is 13.5 Å². The van der Waals surface area contributed by atoms with Crippen LogP contribution in [-0.2, 0) is 6.54 Å². The number of benzene rings is 1. The van der Waals surface area contributed by atoms with Gasteiger partial charge in [-0.2, -0.15) is 0 Å². The zero-order valence-corrected chi connectivity index (χ0v) is 11.2. The Morgan fingerprint density at radius 2 is 2.14 bits per heavy atom. The number of hydrogen-bond donors (Lipinski definition) is 0. The van der Waals surface area contributed by atoms with Crippen LogP contribution in [0.25, 0.3) is 22.1 Å². The second kappa shape index (κ2) is 4.31. The summed E-state index contributed by atoms with van der Waals surface area (Å²) >= 11 is 0. The summed E-state index contributed by atoms with van der Waals surface area (Å²) in [6, 6.07) is 9.25. The molecule has 4 rings (SSSR count). The maximum Gasteiger partial charge on any atom is 0.297 e. The maximum atomic E-state index is 12.5. The van der Waals surface area contributed by atoms with Crippen LogP contribution in [0.3, 0.4) is 0 Å². The molecule has 0 saturated carbocycles. The lowest BCUT2D eigenvalue weighted by Gasteiger charge is -2.00. The molecule has 3 heterocycles. The number of fused-ring (bicyclic) bond motifs is 3. The predicted octanol–water partition coefficient (Wildman–Crippen LogP) is 2.49. The normalized spacial score (nSPS) is 11.5. The van der Waals surface area contributed by atoms with Gasteiger partial charge in [-0.15, -0.1) is 0 Å². The quantitative estimate of drug-likeness (QED) is 0.564. The minimum atomic E-state index is -0.231. The van der Waals surface area contributed by atoms with Crippen LogP contribution in [0.2, 0.25) is 0 Å². The van der Waals surface area contributed by atoms with Gasteiger partial charge in [0, 0.05) is 11.5 Å². The van der Waals surface area contributed by atoms with Gasteiger partial charge in [0.15, 0.2) is 5.76 Å². The summed E-state index contributed by atoms with van der Waals surface area (Å²) in [4.78, 5) is 16.8. The van der Waals surface area contributed by atoms with Crippen molar-refractivity contribution in [3.05, 3.63) is 58.5 Å². The van der Waals surface area contributed by atoms with Gasteiger partial charge in [-0.1, -0.05) is 17.3 Å². The lowest BCUT2D eigenvalue weighted by Crippen LogP contribution is -2.20. The number of furan rings is 1. The Morgan fingerprint density at radius 1 is 1.29 bits per heavy atom. The number of nitrogens with zero attached hydrogens (tertiary/aromatic N) is 3. The van der Waals surface area contributed by atoms with Crippen LogP contribution in [-0.4, -0.2) is 14.7 Å². The van der Waals surface area contributed by atoms with E-state index >= 15 is 0 Å². The van der Waals surface area contributed by atoms with Crippen LogP contribution in [0, 0.1) is 6.92 Å². The number of aryl methyl sites for hydroxylation is 1. The summed E-state index contributed by atoms with van der Waals surface area (Å²) in [5.74, 6) is 0.604. The minimum absolute atomic E-state index is 0.231. The first-order valence-corrected chi connectivity index (χ1v) is 6.51. The van der Waals surface area contributed by atoms with E-state index in [-0.39, 0.29) is 17.7 Å². The highest BCUT2D eigenvalue weighted by Gasteiger charge is 2.13. The first-order chi connectivity index (χ1) is 10.2. The standard InChI is InChI=1S/C15H11N3O3/c1-9-6-10(21-17-9)7-18-8-16-13-11-4-2-3-5-12(11)20-14(13)15(18)19/h2-6,8H,7H2,1H3. The number of hydrogen-bond acceptors (Lipinski definition) is 5. The highest BCUT2D eigenvalue weighted by molar-refractivity contribution is 6.01. The monoisotopic (exact) mass is 281 g/mol. The van der Waals surface area contributed by atoms with Gasteiger partial charge >= 0.3 is 0 Å². The Kier molecular flexibility index (Phi) is 2.44. The van der Waals surface area contributed by atoms with Gasteiger partial charge in [-0.05, 0) is 19.1 Å². The van der Waals surface area contributed by atoms with Gasteiger partial charge in [-0.3, -0.25) is 9.36 Å². The van der Waals surface area contributed by atoms with Gasteiger partial charge < -0.3 is 8.94 Å². The number of para-hydroxylation sites is 1. The van der Waals surface area contributed by atoms with E-state index in [9.17, 15) is 4.79 Å². The highest BCUT2D eigenvalue weighted by Crippen LogP contribution is 2.24. The topological polar surface area (TPSA) is 74.1 Å². The van der Waals surface area contributed by atoms with Gasteiger partial charge in [0.1, 0.15) is 11.1 Å². The molecule has 6 nitrogen and oxygen atoms in total. The zero-order chi connectivity index (χ0) is 14.4. The molecule has 0 fully saturated rings. The fourth-order valence-corrected chi connectivity index (χ4v) is 2.39. The predicted molar refractivity (Wildman–Crippen MR) is 76.1 cm³/mol. The lowest BCUT2D eigenvalue weighted by molar-refractivity contribution is 0.371. The number of rotatable bonds is 2. The third-order valence-corrected chi connectivity index (χ3v) is 3.35. The van der Waals surface area contributed by atoms with Gasteiger partial charge in [0.2, 0.25) is 5.58 Å². The first kappa shape index (κ1) is 11.9. The van der Waals surface area contributed by atoms with Crippen molar-refractivity contribution < 1.29 is 8.94 Å². The molecule has 0 bridgehead atoms. The fourth-order valence-electron chi connectivity index (χ4n) is 2.39. The largest absolute Gasteiger partial charge is 0.448 e. The second-order valence-electron chi connectivity index (χ2n) is 4.89. The molecule has 6 heteroatoms. The molecule has 0 N–H and O–H groups in total. The smallest absolute Gasteiger partial charge is 0.297 e. The fraction of sp³-hybridized carbons (Fsp3) is 0.133. The number of aromatic nitrogens is 3. The Morgan fingerprint density at radius 3 is 2.95 bits per heavy atom. The molecular weight excluding hydrogens is 270 g/mol. The molecule has 1 aromatic carbocycles. The highest BCUT2D eigenvalue weighted by atomic mass is 16.5. The van der Waals surface area contributed by atoms with Crippen molar-refractivity contribution in [3.63, 3.8) is 0 Å². The van der Waals surface area contributed by atoms with Crippen molar-refractivity contribution >= 4 is 22.1 Å². The Labute approximate surface area is 118 Å². The van der Waals surface area contributed by atoms with E-state index in [0.717, 1.165) is 11.1 Å². The molecule has 0 radical (unpaired) electrons. The van der Waals surface area contributed by atoms with Gasteiger partial charge in [-0.25, -0.2) is 4.98 Å².